The van der Waals surface area contributed by atoms with Gasteiger partial charge in [0, 0.05) is 10.5 Å². The van der Waals surface area contributed by atoms with Crippen LogP contribution in [0.25, 0.3) is 0 Å². The third-order valence-corrected chi connectivity index (χ3v) is 3.36. The molecule has 3 heteroatoms. The second-order valence-corrected chi connectivity index (χ2v) is 4.14. The van der Waals surface area contributed by atoms with Crippen molar-refractivity contribution in [3.63, 3.8) is 0 Å². The van der Waals surface area contributed by atoms with Gasteiger partial charge in [-0.05, 0) is 18.2 Å². The first-order valence-electron chi connectivity index (χ1n) is 4.16. The Balaban J connectivity index is 2.93. The molecule has 1 rings (SSSR count). The van der Waals surface area contributed by atoms with Crippen LogP contribution in [-0.4, -0.2) is 12.0 Å². The second-order valence-electron chi connectivity index (χ2n) is 2.62. The number of carbonyl (C=O) groups excluding carboxylic acids is 1. The molecule has 0 aromatic heterocycles. The molecule has 0 radical (unpaired) electrons. The highest BCUT2D eigenvalue weighted by atomic mass is 35.5. The van der Waals surface area contributed by atoms with Gasteiger partial charge < -0.3 is 0 Å². The Bertz CT molecular complexity index is 299. The zero-order valence-electron chi connectivity index (χ0n) is 7.42. The van der Waals surface area contributed by atoms with E-state index in [9.17, 15) is 4.79 Å². The van der Waals surface area contributed by atoms with Crippen LogP contribution in [0.15, 0.2) is 23.1 Å². The van der Waals surface area contributed by atoms with Gasteiger partial charge in [0.25, 0.3) is 0 Å². The molecule has 0 bridgehead atoms. The van der Waals surface area contributed by atoms with Crippen LogP contribution in [0.5, 0.6) is 0 Å². The number of thioether (sulfide) groups is 1. The van der Waals surface area contributed by atoms with E-state index in [1.807, 2.05) is 6.07 Å². The molecular weight excluding hydrogens is 204 g/mol. The Hall–Kier alpha value is -0.470. The third-order valence-electron chi connectivity index (χ3n) is 1.57. The van der Waals surface area contributed by atoms with Crippen LogP contribution in [0.4, 0.5) is 0 Å². The van der Waals surface area contributed by atoms with E-state index in [0.29, 0.717) is 10.6 Å². The maximum atomic E-state index is 10.7. The molecule has 13 heavy (non-hydrogen) atoms. The van der Waals surface area contributed by atoms with E-state index in [1.54, 1.807) is 23.9 Å². The van der Waals surface area contributed by atoms with Crippen LogP contribution in [-0.2, 0) is 0 Å². The largest absolute Gasteiger partial charge is 0.298 e. The molecule has 0 heterocycles. The molecule has 0 fully saturated rings. The van der Waals surface area contributed by atoms with Crippen LogP contribution in [0.1, 0.15) is 23.7 Å². The van der Waals surface area contributed by atoms with E-state index >= 15 is 0 Å². The fraction of sp³-hybridized carbons (Fsp3) is 0.300. The quantitative estimate of drug-likeness (QED) is 0.562. The summed E-state index contributed by atoms with van der Waals surface area (Å²) in [7, 11) is 0. The minimum atomic E-state index is 0.669. The Morgan fingerprint density at radius 3 is 2.92 bits per heavy atom. The fourth-order valence-electron chi connectivity index (χ4n) is 0.975. The molecule has 0 atom stereocenters. The zero-order valence-corrected chi connectivity index (χ0v) is 8.99. The van der Waals surface area contributed by atoms with E-state index < -0.39 is 0 Å². The number of halogens is 1. The maximum absolute atomic E-state index is 10.7. The lowest BCUT2D eigenvalue weighted by Gasteiger charge is -2.05. The number of aldehydes is 1. The van der Waals surface area contributed by atoms with Gasteiger partial charge in [-0.2, -0.15) is 0 Å². The van der Waals surface area contributed by atoms with Crippen molar-refractivity contribution in [2.75, 3.05) is 5.75 Å². The number of hydrogen-bond acceptors (Lipinski definition) is 2. The standard InChI is InChI=1S/C10H11ClOS/c1-2-6-13-10-8(7-12)4-3-5-9(10)11/h3-5,7H,2,6H2,1H3. The minimum absolute atomic E-state index is 0.669. The fourth-order valence-corrected chi connectivity index (χ4v) is 2.22. The summed E-state index contributed by atoms with van der Waals surface area (Å²) in [6.45, 7) is 2.10. The van der Waals surface area contributed by atoms with Gasteiger partial charge in [0.2, 0.25) is 0 Å². The highest BCUT2D eigenvalue weighted by molar-refractivity contribution is 7.99. The average molecular weight is 215 g/mol. The van der Waals surface area contributed by atoms with E-state index in [-0.39, 0.29) is 0 Å². The second kappa shape index (κ2) is 5.30. The van der Waals surface area contributed by atoms with E-state index in [4.69, 9.17) is 11.6 Å². The van der Waals surface area contributed by atoms with E-state index in [0.717, 1.165) is 23.4 Å². The van der Waals surface area contributed by atoms with Crippen molar-refractivity contribution < 1.29 is 4.79 Å². The normalized spacial score (nSPS) is 10.0. The summed E-state index contributed by atoms with van der Waals surface area (Å²) in [5, 5.41) is 0.669. The summed E-state index contributed by atoms with van der Waals surface area (Å²) in [6, 6.07) is 5.39. The van der Waals surface area contributed by atoms with Crippen LogP contribution < -0.4 is 0 Å². The molecule has 0 amide bonds. The van der Waals surface area contributed by atoms with Gasteiger partial charge in [-0.1, -0.05) is 30.7 Å². The molecule has 0 saturated carbocycles. The number of rotatable bonds is 4. The Morgan fingerprint density at radius 2 is 2.31 bits per heavy atom. The predicted octanol–water partition coefficient (Wildman–Crippen LogP) is 3.65. The molecule has 0 N–H and O–H groups in total. The van der Waals surface area contributed by atoms with Crippen LogP contribution >= 0.6 is 23.4 Å². The Kier molecular flexibility index (Phi) is 4.33. The first-order valence-corrected chi connectivity index (χ1v) is 5.52. The minimum Gasteiger partial charge on any atom is -0.298 e. The van der Waals surface area contributed by atoms with Gasteiger partial charge in [0.05, 0.1) is 5.02 Å². The Morgan fingerprint density at radius 1 is 1.54 bits per heavy atom. The van der Waals surface area contributed by atoms with Gasteiger partial charge in [-0.3, -0.25) is 4.79 Å². The van der Waals surface area contributed by atoms with E-state index in [2.05, 4.69) is 6.92 Å². The molecule has 0 unspecified atom stereocenters. The van der Waals surface area contributed by atoms with Crippen LogP contribution in [0.3, 0.4) is 0 Å². The van der Waals surface area contributed by atoms with E-state index in [1.165, 1.54) is 0 Å². The lowest BCUT2D eigenvalue weighted by molar-refractivity contribution is 0.112. The summed E-state index contributed by atoms with van der Waals surface area (Å²) in [6.07, 6.45) is 1.93. The van der Waals surface area contributed by atoms with Crippen molar-refractivity contribution in [2.24, 2.45) is 0 Å². The summed E-state index contributed by atoms with van der Waals surface area (Å²) in [5.74, 6) is 0.991. The molecule has 1 nitrogen and oxygen atoms in total. The lowest BCUT2D eigenvalue weighted by Crippen LogP contribution is -1.87. The smallest absolute Gasteiger partial charge is 0.151 e. The molecule has 1 aromatic rings. The van der Waals surface area contributed by atoms with Gasteiger partial charge in [-0.15, -0.1) is 11.8 Å². The van der Waals surface area contributed by atoms with Gasteiger partial charge in [0.1, 0.15) is 0 Å². The average Bonchev–Trinajstić information content (AvgIpc) is 2.15. The molecular formula is C10H11ClOS. The van der Waals surface area contributed by atoms with Crippen molar-refractivity contribution in [3.8, 4) is 0 Å². The number of benzene rings is 1. The molecule has 1 aromatic carbocycles. The maximum Gasteiger partial charge on any atom is 0.151 e. The summed E-state index contributed by atoms with van der Waals surface area (Å²) >= 11 is 7.60. The third kappa shape index (κ3) is 2.75. The first-order chi connectivity index (χ1) is 6.29. The zero-order chi connectivity index (χ0) is 9.68. The van der Waals surface area contributed by atoms with Crippen molar-refractivity contribution in [1.29, 1.82) is 0 Å². The van der Waals surface area contributed by atoms with Crippen LogP contribution in [0.2, 0.25) is 5.02 Å². The monoisotopic (exact) mass is 214 g/mol. The van der Waals surface area contributed by atoms with Crippen molar-refractivity contribution in [2.45, 2.75) is 18.2 Å². The predicted molar refractivity (Wildman–Crippen MR) is 57.9 cm³/mol. The Labute approximate surface area is 87.5 Å². The highest BCUT2D eigenvalue weighted by Crippen LogP contribution is 2.30. The van der Waals surface area contributed by atoms with Gasteiger partial charge in [0.15, 0.2) is 6.29 Å². The van der Waals surface area contributed by atoms with Crippen molar-refractivity contribution >= 4 is 29.6 Å². The molecule has 0 aliphatic rings. The van der Waals surface area contributed by atoms with Gasteiger partial charge >= 0.3 is 0 Å². The summed E-state index contributed by atoms with van der Waals surface area (Å²) < 4.78 is 0. The molecule has 0 spiro atoms. The number of carbonyl (C=O) groups is 1. The molecule has 0 aliphatic carbocycles. The molecule has 70 valence electrons. The summed E-state index contributed by atoms with van der Waals surface area (Å²) in [5.41, 5.74) is 0.686. The number of hydrogen-bond donors (Lipinski definition) is 0. The SMILES string of the molecule is CCCSc1c(Cl)cccc1C=O. The van der Waals surface area contributed by atoms with Crippen LogP contribution in [0, 0.1) is 0 Å². The first kappa shape index (κ1) is 10.6. The summed E-state index contributed by atoms with van der Waals surface area (Å²) in [4.78, 5) is 11.6. The topological polar surface area (TPSA) is 17.1 Å². The highest BCUT2D eigenvalue weighted by Gasteiger charge is 2.05. The lowest BCUT2D eigenvalue weighted by atomic mass is 10.2. The molecule has 0 saturated heterocycles. The van der Waals surface area contributed by atoms with Crippen molar-refractivity contribution in [3.05, 3.63) is 28.8 Å². The van der Waals surface area contributed by atoms with Crippen molar-refractivity contribution in [1.82, 2.24) is 0 Å². The van der Waals surface area contributed by atoms with Gasteiger partial charge in [-0.25, -0.2) is 0 Å². The molecule has 0 aliphatic heterocycles.